The lowest BCUT2D eigenvalue weighted by Gasteiger charge is -2.13. The second-order valence-corrected chi connectivity index (χ2v) is 4.76. The van der Waals surface area contributed by atoms with Crippen molar-refractivity contribution >= 4 is 11.6 Å². The van der Waals surface area contributed by atoms with Gasteiger partial charge in [0.2, 0.25) is 5.91 Å². The maximum absolute atomic E-state index is 12.1. The second kappa shape index (κ2) is 6.10. The van der Waals surface area contributed by atoms with Crippen LogP contribution in [0.15, 0.2) is 43.1 Å². The molecule has 0 bridgehead atoms. The van der Waals surface area contributed by atoms with Crippen LogP contribution in [0.3, 0.4) is 0 Å². The number of nitrogens with zero attached hydrogens (tertiary/aromatic N) is 4. The highest BCUT2D eigenvalue weighted by Gasteiger charge is 2.16. The number of hydrogen-bond acceptors (Lipinski definition) is 4. The van der Waals surface area contributed by atoms with Crippen molar-refractivity contribution in [2.45, 2.75) is 20.3 Å². The number of aromatic nitrogens is 4. The van der Waals surface area contributed by atoms with Crippen LogP contribution in [0.25, 0.3) is 5.82 Å². The molecule has 1 N–H and O–H groups in total. The standard InChI is InChI=1S/C14H17N5O/c1-10(2)7-11(3)14(20)18-12-8-15-9-16-13(12)19-6-4-5-17-19/h4-6,8-9,11H,1,7H2,2-3H3,(H,18,20). The van der Waals surface area contributed by atoms with Crippen LogP contribution in [-0.4, -0.2) is 25.7 Å². The van der Waals surface area contributed by atoms with Gasteiger partial charge in [0, 0.05) is 18.3 Å². The molecule has 1 atom stereocenters. The SMILES string of the molecule is C=C(C)CC(C)C(=O)Nc1cncnc1-n1cccn1. The zero-order valence-corrected chi connectivity index (χ0v) is 11.6. The van der Waals surface area contributed by atoms with E-state index in [1.807, 2.05) is 13.8 Å². The van der Waals surface area contributed by atoms with Crippen LogP contribution < -0.4 is 5.32 Å². The molecule has 20 heavy (non-hydrogen) atoms. The molecule has 1 amide bonds. The fraction of sp³-hybridized carbons (Fsp3) is 0.286. The van der Waals surface area contributed by atoms with E-state index in [-0.39, 0.29) is 11.8 Å². The first-order chi connectivity index (χ1) is 9.58. The van der Waals surface area contributed by atoms with Crippen molar-refractivity contribution in [3.63, 3.8) is 0 Å². The lowest BCUT2D eigenvalue weighted by molar-refractivity contribution is -0.119. The molecule has 6 nitrogen and oxygen atoms in total. The number of allylic oxidation sites excluding steroid dienone is 1. The van der Waals surface area contributed by atoms with Crippen molar-refractivity contribution in [3.05, 3.63) is 43.1 Å². The van der Waals surface area contributed by atoms with Crippen molar-refractivity contribution in [3.8, 4) is 5.82 Å². The first kappa shape index (κ1) is 13.9. The maximum atomic E-state index is 12.1. The third-order valence-corrected chi connectivity index (χ3v) is 2.77. The number of carbonyl (C=O) groups excluding carboxylic acids is 1. The number of carbonyl (C=O) groups is 1. The molecule has 1 unspecified atom stereocenters. The number of hydrogen-bond donors (Lipinski definition) is 1. The Kier molecular flexibility index (Phi) is 4.24. The summed E-state index contributed by atoms with van der Waals surface area (Å²) in [6, 6.07) is 1.79. The number of anilines is 1. The molecule has 0 aliphatic heterocycles. The lowest BCUT2D eigenvalue weighted by atomic mass is 10.0. The summed E-state index contributed by atoms with van der Waals surface area (Å²) in [5.74, 6) is 0.301. The molecule has 0 aliphatic rings. The number of nitrogens with one attached hydrogen (secondary N) is 1. The zero-order valence-electron chi connectivity index (χ0n) is 11.6. The Morgan fingerprint density at radius 3 is 3.00 bits per heavy atom. The first-order valence-electron chi connectivity index (χ1n) is 6.33. The Hall–Kier alpha value is -2.50. The smallest absolute Gasteiger partial charge is 0.227 e. The normalized spacial score (nSPS) is 11.9. The topological polar surface area (TPSA) is 72.7 Å². The van der Waals surface area contributed by atoms with Gasteiger partial charge >= 0.3 is 0 Å². The summed E-state index contributed by atoms with van der Waals surface area (Å²) < 4.78 is 1.58. The van der Waals surface area contributed by atoms with Gasteiger partial charge in [-0.3, -0.25) is 4.79 Å². The molecule has 2 aromatic heterocycles. The van der Waals surface area contributed by atoms with Crippen LogP contribution in [0.5, 0.6) is 0 Å². The highest BCUT2D eigenvalue weighted by atomic mass is 16.1. The summed E-state index contributed by atoms with van der Waals surface area (Å²) in [5.41, 5.74) is 1.51. The van der Waals surface area contributed by atoms with Crippen molar-refractivity contribution in [1.29, 1.82) is 0 Å². The average Bonchev–Trinajstić information content (AvgIpc) is 2.92. The monoisotopic (exact) mass is 271 g/mol. The quantitative estimate of drug-likeness (QED) is 0.846. The highest BCUT2D eigenvalue weighted by molar-refractivity contribution is 5.93. The van der Waals surface area contributed by atoms with Gasteiger partial charge in [-0.25, -0.2) is 14.6 Å². The molecule has 2 rings (SSSR count). The second-order valence-electron chi connectivity index (χ2n) is 4.76. The maximum Gasteiger partial charge on any atom is 0.227 e. The summed E-state index contributed by atoms with van der Waals surface area (Å²) in [7, 11) is 0. The third-order valence-electron chi connectivity index (χ3n) is 2.77. The fourth-order valence-electron chi connectivity index (χ4n) is 1.86. The van der Waals surface area contributed by atoms with Crippen molar-refractivity contribution < 1.29 is 4.79 Å². The van der Waals surface area contributed by atoms with Gasteiger partial charge < -0.3 is 5.32 Å². The summed E-state index contributed by atoms with van der Waals surface area (Å²) >= 11 is 0. The summed E-state index contributed by atoms with van der Waals surface area (Å²) in [6.07, 6.45) is 7.04. The molecular formula is C14H17N5O. The first-order valence-corrected chi connectivity index (χ1v) is 6.33. The Morgan fingerprint density at radius 2 is 2.35 bits per heavy atom. The molecule has 2 heterocycles. The molecular weight excluding hydrogens is 254 g/mol. The molecule has 104 valence electrons. The number of amides is 1. The van der Waals surface area contributed by atoms with Crippen LogP contribution in [0.1, 0.15) is 20.3 Å². The lowest BCUT2D eigenvalue weighted by Crippen LogP contribution is -2.22. The zero-order chi connectivity index (χ0) is 14.5. The minimum atomic E-state index is -0.154. The summed E-state index contributed by atoms with van der Waals surface area (Å²) in [5, 5.41) is 6.95. The molecule has 0 fully saturated rings. The molecule has 0 radical (unpaired) electrons. The van der Waals surface area contributed by atoms with Gasteiger partial charge in [-0.2, -0.15) is 5.10 Å². The third kappa shape index (κ3) is 3.28. The predicted octanol–water partition coefficient (Wildman–Crippen LogP) is 2.20. The number of rotatable bonds is 5. The molecule has 0 aromatic carbocycles. The Labute approximate surface area is 117 Å². The molecule has 2 aromatic rings. The van der Waals surface area contributed by atoms with E-state index in [0.29, 0.717) is 17.9 Å². The van der Waals surface area contributed by atoms with E-state index in [0.717, 1.165) is 5.57 Å². The summed E-state index contributed by atoms with van der Waals surface area (Å²) in [4.78, 5) is 20.2. The van der Waals surface area contributed by atoms with Gasteiger partial charge in [0.05, 0.1) is 6.20 Å². The largest absolute Gasteiger partial charge is 0.321 e. The van der Waals surface area contributed by atoms with E-state index < -0.39 is 0 Å². The van der Waals surface area contributed by atoms with E-state index >= 15 is 0 Å². The van der Waals surface area contributed by atoms with E-state index in [4.69, 9.17) is 0 Å². The van der Waals surface area contributed by atoms with Crippen LogP contribution in [-0.2, 0) is 4.79 Å². The van der Waals surface area contributed by atoms with Crippen molar-refractivity contribution in [2.75, 3.05) is 5.32 Å². The van der Waals surface area contributed by atoms with Gasteiger partial charge in [-0.15, -0.1) is 6.58 Å². The van der Waals surface area contributed by atoms with Gasteiger partial charge in [0.1, 0.15) is 12.0 Å². The van der Waals surface area contributed by atoms with Gasteiger partial charge in [0.15, 0.2) is 5.82 Å². The molecule has 0 spiro atoms. The van der Waals surface area contributed by atoms with Crippen LogP contribution >= 0.6 is 0 Å². The van der Waals surface area contributed by atoms with Crippen LogP contribution in [0.4, 0.5) is 5.69 Å². The molecule has 0 saturated heterocycles. The Balaban J connectivity index is 2.18. The molecule has 6 heteroatoms. The Morgan fingerprint density at radius 1 is 1.55 bits per heavy atom. The summed E-state index contributed by atoms with van der Waals surface area (Å²) in [6.45, 7) is 7.59. The van der Waals surface area contributed by atoms with Crippen molar-refractivity contribution in [2.24, 2.45) is 5.92 Å². The fourth-order valence-corrected chi connectivity index (χ4v) is 1.86. The molecule has 0 aliphatic carbocycles. The van der Waals surface area contributed by atoms with E-state index in [1.54, 1.807) is 29.3 Å². The predicted molar refractivity (Wildman–Crippen MR) is 76.4 cm³/mol. The molecule has 0 saturated carbocycles. The van der Waals surface area contributed by atoms with Gasteiger partial charge in [0.25, 0.3) is 0 Å². The van der Waals surface area contributed by atoms with Crippen LogP contribution in [0, 0.1) is 5.92 Å². The van der Waals surface area contributed by atoms with E-state index in [2.05, 4.69) is 27.0 Å². The van der Waals surface area contributed by atoms with Crippen molar-refractivity contribution in [1.82, 2.24) is 19.7 Å². The Bertz CT molecular complexity index is 606. The average molecular weight is 271 g/mol. The minimum absolute atomic E-state index is 0.0868. The van der Waals surface area contributed by atoms with Gasteiger partial charge in [-0.05, 0) is 19.4 Å². The van der Waals surface area contributed by atoms with Gasteiger partial charge in [-0.1, -0.05) is 12.5 Å². The minimum Gasteiger partial charge on any atom is -0.321 e. The van der Waals surface area contributed by atoms with E-state index in [1.165, 1.54) is 6.33 Å². The highest BCUT2D eigenvalue weighted by Crippen LogP contribution is 2.17. The van der Waals surface area contributed by atoms with E-state index in [9.17, 15) is 4.79 Å². The van der Waals surface area contributed by atoms with Crippen LogP contribution in [0.2, 0.25) is 0 Å².